The molecule has 1 aromatic rings. The van der Waals surface area contributed by atoms with Crippen molar-refractivity contribution < 1.29 is 9.53 Å². The number of esters is 1. The lowest BCUT2D eigenvalue weighted by molar-refractivity contribution is -0.138. The van der Waals surface area contributed by atoms with E-state index in [1.807, 2.05) is 0 Å². The van der Waals surface area contributed by atoms with Crippen LogP contribution < -0.4 is 4.74 Å². The van der Waals surface area contributed by atoms with Gasteiger partial charge >= 0.3 is 5.97 Å². The summed E-state index contributed by atoms with van der Waals surface area (Å²) in [6, 6.07) is 5.00. The molecule has 0 unspecified atom stereocenters. The number of pyridine rings is 1. The second-order valence-corrected chi connectivity index (χ2v) is 4.09. The minimum Gasteiger partial charge on any atom is -0.407 e. The zero-order valence-corrected chi connectivity index (χ0v) is 9.04. The van der Waals surface area contributed by atoms with Crippen LogP contribution >= 0.6 is 11.6 Å². The molecule has 0 saturated heterocycles. The lowest BCUT2D eigenvalue weighted by Crippen LogP contribution is -2.18. The first-order valence-electron chi connectivity index (χ1n) is 5.10. The molecule has 1 aliphatic rings. The SMILES string of the molecule is O=C(Oc1cccc(Cl)n1)C1CCCC1. The molecule has 0 bridgehead atoms. The van der Waals surface area contributed by atoms with Gasteiger partial charge in [0.1, 0.15) is 5.15 Å². The average molecular weight is 226 g/mol. The van der Waals surface area contributed by atoms with Gasteiger partial charge in [0.25, 0.3) is 0 Å². The number of hydrogen-bond donors (Lipinski definition) is 0. The molecule has 0 radical (unpaired) electrons. The third kappa shape index (κ3) is 2.69. The Morgan fingerprint density at radius 3 is 2.80 bits per heavy atom. The van der Waals surface area contributed by atoms with E-state index in [0.29, 0.717) is 11.0 Å². The van der Waals surface area contributed by atoms with Gasteiger partial charge in [0, 0.05) is 6.07 Å². The smallest absolute Gasteiger partial charge is 0.315 e. The predicted molar refractivity (Wildman–Crippen MR) is 56.8 cm³/mol. The molecule has 0 N–H and O–H groups in total. The van der Waals surface area contributed by atoms with Gasteiger partial charge in [-0.05, 0) is 18.9 Å². The molecular weight excluding hydrogens is 214 g/mol. The first-order valence-corrected chi connectivity index (χ1v) is 5.48. The van der Waals surface area contributed by atoms with Gasteiger partial charge in [-0.15, -0.1) is 0 Å². The largest absolute Gasteiger partial charge is 0.407 e. The quantitative estimate of drug-likeness (QED) is 0.574. The summed E-state index contributed by atoms with van der Waals surface area (Å²) in [5.74, 6) is 0.160. The lowest BCUT2D eigenvalue weighted by Gasteiger charge is -2.07. The fourth-order valence-corrected chi connectivity index (χ4v) is 1.95. The normalized spacial score (nSPS) is 16.6. The Morgan fingerprint density at radius 2 is 2.13 bits per heavy atom. The van der Waals surface area contributed by atoms with Gasteiger partial charge in [-0.3, -0.25) is 4.79 Å². The molecule has 0 amide bonds. The van der Waals surface area contributed by atoms with Crippen LogP contribution in [0.2, 0.25) is 5.15 Å². The van der Waals surface area contributed by atoms with Crippen LogP contribution in [0.25, 0.3) is 0 Å². The Balaban J connectivity index is 1.99. The van der Waals surface area contributed by atoms with Crippen molar-refractivity contribution in [1.29, 1.82) is 0 Å². The van der Waals surface area contributed by atoms with Crippen LogP contribution in [0.4, 0.5) is 0 Å². The van der Waals surface area contributed by atoms with Crippen LogP contribution in [-0.4, -0.2) is 11.0 Å². The van der Waals surface area contributed by atoms with Crippen LogP contribution in [0.5, 0.6) is 5.88 Å². The fourth-order valence-electron chi connectivity index (χ4n) is 1.79. The Labute approximate surface area is 93.4 Å². The number of carbonyl (C=O) groups is 1. The number of nitrogens with zero attached hydrogens (tertiary/aromatic N) is 1. The summed E-state index contributed by atoms with van der Waals surface area (Å²) < 4.78 is 5.14. The Morgan fingerprint density at radius 1 is 1.40 bits per heavy atom. The lowest BCUT2D eigenvalue weighted by atomic mass is 10.1. The Hall–Kier alpha value is -1.09. The van der Waals surface area contributed by atoms with Crippen molar-refractivity contribution in [1.82, 2.24) is 4.98 Å². The van der Waals surface area contributed by atoms with Gasteiger partial charge in [-0.25, -0.2) is 4.98 Å². The van der Waals surface area contributed by atoms with E-state index in [1.54, 1.807) is 18.2 Å². The van der Waals surface area contributed by atoms with Crippen molar-refractivity contribution in [2.45, 2.75) is 25.7 Å². The molecule has 0 aliphatic heterocycles. The predicted octanol–water partition coefficient (Wildman–Crippen LogP) is 2.83. The maximum atomic E-state index is 11.6. The third-order valence-corrected chi connectivity index (χ3v) is 2.79. The molecule has 80 valence electrons. The number of carbonyl (C=O) groups excluding carboxylic acids is 1. The molecule has 1 aromatic heterocycles. The molecule has 2 rings (SSSR count). The zero-order valence-electron chi connectivity index (χ0n) is 8.28. The van der Waals surface area contributed by atoms with Gasteiger partial charge in [-0.1, -0.05) is 30.5 Å². The summed E-state index contributed by atoms with van der Waals surface area (Å²) in [6.45, 7) is 0. The number of rotatable bonds is 2. The maximum Gasteiger partial charge on any atom is 0.315 e. The molecule has 15 heavy (non-hydrogen) atoms. The van der Waals surface area contributed by atoms with Crippen LogP contribution in [0, 0.1) is 5.92 Å². The highest BCUT2D eigenvalue weighted by molar-refractivity contribution is 6.29. The summed E-state index contributed by atoms with van der Waals surface area (Å²) in [5.41, 5.74) is 0. The van der Waals surface area contributed by atoms with E-state index < -0.39 is 0 Å². The highest BCUT2D eigenvalue weighted by Crippen LogP contribution is 2.26. The molecule has 1 heterocycles. The highest BCUT2D eigenvalue weighted by atomic mass is 35.5. The fraction of sp³-hybridized carbons (Fsp3) is 0.455. The van der Waals surface area contributed by atoms with Crippen molar-refractivity contribution in [2.24, 2.45) is 5.92 Å². The van der Waals surface area contributed by atoms with Crippen molar-refractivity contribution in [3.8, 4) is 5.88 Å². The molecule has 3 nitrogen and oxygen atoms in total. The minimum absolute atomic E-state index is 0.0470. The maximum absolute atomic E-state index is 11.6. The van der Waals surface area contributed by atoms with Gasteiger partial charge in [0.05, 0.1) is 5.92 Å². The van der Waals surface area contributed by atoms with Crippen LogP contribution in [0.1, 0.15) is 25.7 Å². The Kier molecular flexibility index (Phi) is 3.21. The summed E-state index contributed by atoms with van der Waals surface area (Å²) >= 11 is 5.69. The number of aromatic nitrogens is 1. The van der Waals surface area contributed by atoms with Crippen molar-refractivity contribution in [2.75, 3.05) is 0 Å². The minimum atomic E-state index is -0.178. The van der Waals surface area contributed by atoms with E-state index >= 15 is 0 Å². The topological polar surface area (TPSA) is 39.2 Å². The van der Waals surface area contributed by atoms with Gasteiger partial charge in [0.2, 0.25) is 5.88 Å². The van der Waals surface area contributed by atoms with Crippen molar-refractivity contribution in [3.63, 3.8) is 0 Å². The second-order valence-electron chi connectivity index (χ2n) is 3.70. The van der Waals surface area contributed by atoms with E-state index in [0.717, 1.165) is 25.7 Å². The van der Waals surface area contributed by atoms with E-state index in [-0.39, 0.29) is 11.9 Å². The highest BCUT2D eigenvalue weighted by Gasteiger charge is 2.24. The van der Waals surface area contributed by atoms with E-state index in [2.05, 4.69) is 4.98 Å². The summed E-state index contributed by atoms with van der Waals surface area (Å²) in [5, 5.41) is 0.340. The molecule has 1 aliphatic carbocycles. The van der Waals surface area contributed by atoms with E-state index in [4.69, 9.17) is 16.3 Å². The first kappa shape index (κ1) is 10.4. The molecule has 1 saturated carbocycles. The number of halogens is 1. The van der Waals surface area contributed by atoms with E-state index in [9.17, 15) is 4.79 Å². The standard InChI is InChI=1S/C11H12ClNO2/c12-9-6-3-7-10(13-9)15-11(14)8-4-1-2-5-8/h3,6-8H,1-2,4-5H2. The van der Waals surface area contributed by atoms with Crippen LogP contribution in [0.15, 0.2) is 18.2 Å². The average Bonchev–Trinajstić information content (AvgIpc) is 2.70. The van der Waals surface area contributed by atoms with Gasteiger partial charge < -0.3 is 4.74 Å². The zero-order chi connectivity index (χ0) is 10.7. The van der Waals surface area contributed by atoms with Crippen molar-refractivity contribution >= 4 is 17.6 Å². The first-order chi connectivity index (χ1) is 7.25. The van der Waals surface area contributed by atoms with Crippen LogP contribution in [-0.2, 0) is 4.79 Å². The summed E-state index contributed by atoms with van der Waals surface area (Å²) in [6.07, 6.45) is 4.09. The Bertz CT molecular complexity index is 361. The number of ether oxygens (including phenoxy) is 1. The second kappa shape index (κ2) is 4.62. The number of hydrogen-bond acceptors (Lipinski definition) is 3. The molecular formula is C11H12ClNO2. The molecule has 0 spiro atoms. The van der Waals surface area contributed by atoms with Gasteiger partial charge in [-0.2, -0.15) is 0 Å². The molecule has 1 fully saturated rings. The van der Waals surface area contributed by atoms with Crippen LogP contribution in [0.3, 0.4) is 0 Å². The monoisotopic (exact) mass is 225 g/mol. The van der Waals surface area contributed by atoms with E-state index in [1.165, 1.54) is 0 Å². The summed E-state index contributed by atoms with van der Waals surface area (Å²) in [4.78, 5) is 15.5. The summed E-state index contributed by atoms with van der Waals surface area (Å²) in [7, 11) is 0. The van der Waals surface area contributed by atoms with Gasteiger partial charge in [0.15, 0.2) is 0 Å². The molecule has 4 heteroatoms. The molecule has 0 aromatic carbocycles. The molecule has 0 atom stereocenters. The van der Waals surface area contributed by atoms with Crippen molar-refractivity contribution in [3.05, 3.63) is 23.4 Å². The third-order valence-electron chi connectivity index (χ3n) is 2.58.